The third kappa shape index (κ3) is 3.53. The Kier molecular flexibility index (Phi) is 5.18. The summed E-state index contributed by atoms with van der Waals surface area (Å²) in [4.78, 5) is 1.09. The molecule has 2 aromatic carbocycles. The maximum atomic E-state index is 13.9. The fourth-order valence-corrected chi connectivity index (χ4v) is 3.29. The molecule has 0 bridgehead atoms. The molecule has 0 aromatic heterocycles. The lowest BCUT2D eigenvalue weighted by atomic mass is 10.1. The Morgan fingerprint density at radius 2 is 2.05 bits per heavy atom. The molecule has 0 saturated heterocycles. The van der Waals surface area contributed by atoms with Crippen LogP contribution in [0.15, 0.2) is 39.7 Å². The summed E-state index contributed by atoms with van der Waals surface area (Å²) in [5.74, 6) is -1.36. The number of nitrogens with one attached hydrogen (secondary N) is 1. The fourth-order valence-electron chi connectivity index (χ4n) is 1.86. The minimum atomic E-state index is -0.703. The number of nitrogens with two attached hydrogens (primary N) is 1. The monoisotopic (exact) mass is 388 g/mol. The molecule has 2 rings (SSSR count). The molecule has 0 radical (unpaired) electrons. The highest BCUT2D eigenvalue weighted by Gasteiger charge is 2.15. The van der Waals surface area contributed by atoms with Crippen molar-refractivity contribution in [2.45, 2.75) is 4.90 Å². The second-order valence-electron chi connectivity index (χ2n) is 4.12. The van der Waals surface area contributed by atoms with Gasteiger partial charge in [-0.1, -0.05) is 18.3 Å². The number of hydrogen-bond acceptors (Lipinski definition) is 3. The van der Waals surface area contributed by atoms with Gasteiger partial charge in [0.15, 0.2) is 5.82 Å². The molecule has 0 amide bonds. The zero-order valence-electron chi connectivity index (χ0n) is 10.9. The highest BCUT2D eigenvalue weighted by molar-refractivity contribution is 9.10. The molecule has 21 heavy (non-hydrogen) atoms. The number of hydrogen-bond donors (Lipinski definition) is 2. The van der Waals surface area contributed by atoms with E-state index in [0.29, 0.717) is 11.3 Å². The summed E-state index contributed by atoms with van der Waals surface area (Å²) in [6.45, 7) is 0. The van der Waals surface area contributed by atoms with Crippen molar-refractivity contribution < 1.29 is 8.78 Å². The summed E-state index contributed by atoms with van der Waals surface area (Å²) < 4.78 is 27.3. The molecule has 0 aliphatic carbocycles. The Hall–Kier alpha value is -1.18. The highest BCUT2D eigenvalue weighted by atomic mass is 79.9. The van der Waals surface area contributed by atoms with Gasteiger partial charge in [0.2, 0.25) is 0 Å². The van der Waals surface area contributed by atoms with E-state index < -0.39 is 11.6 Å². The molecule has 0 unspecified atom stereocenters. The van der Waals surface area contributed by atoms with Crippen LogP contribution in [0.5, 0.6) is 0 Å². The SMILES string of the molecule is CSc1cccc(Nc2c(F)cc(F)cc2Br)c1C(N)=S. The van der Waals surface area contributed by atoms with E-state index in [2.05, 4.69) is 21.2 Å². The smallest absolute Gasteiger partial charge is 0.150 e. The van der Waals surface area contributed by atoms with Crippen molar-refractivity contribution in [1.29, 1.82) is 0 Å². The van der Waals surface area contributed by atoms with E-state index in [4.69, 9.17) is 18.0 Å². The van der Waals surface area contributed by atoms with Crippen LogP contribution in [0.4, 0.5) is 20.2 Å². The van der Waals surface area contributed by atoms with Crippen molar-refractivity contribution in [3.05, 3.63) is 52.0 Å². The maximum absolute atomic E-state index is 13.9. The molecule has 0 spiro atoms. The lowest BCUT2D eigenvalue weighted by Gasteiger charge is -2.16. The van der Waals surface area contributed by atoms with Crippen molar-refractivity contribution in [2.24, 2.45) is 5.73 Å². The average Bonchev–Trinajstić information content (AvgIpc) is 2.42. The molecular formula is C14H11BrF2N2S2. The first kappa shape index (κ1) is 16.2. The molecule has 0 atom stereocenters. The first-order valence-corrected chi connectivity index (χ1v) is 8.25. The van der Waals surface area contributed by atoms with E-state index in [1.54, 1.807) is 6.07 Å². The fraction of sp³-hybridized carbons (Fsp3) is 0.0714. The largest absolute Gasteiger partial charge is 0.389 e. The van der Waals surface area contributed by atoms with Crippen molar-refractivity contribution in [3.8, 4) is 0 Å². The van der Waals surface area contributed by atoms with Gasteiger partial charge in [0.05, 0.1) is 5.69 Å². The third-order valence-corrected chi connectivity index (χ3v) is 4.37. The van der Waals surface area contributed by atoms with Crippen LogP contribution < -0.4 is 11.1 Å². The number of anilines is 2. The van der Waals surface area contributed by atoms with Crippen molar-refractivity contribution in [3.63, 3.8) is 0 Å². The molecule has 0 aliphatic rings. The molecule has 110 valence electrons. The molecular weight excluding hydrogens is 378 g/mol. The minimum absolute atomic E-state index is 0.132. The van der Waals surface area contributed by atoms with E-state index in [0.717, 1.165) is 11.0 Å². The standard InChI is InChI=1S/C14H11BrF2N2S2/c1-21-11-4-2-3-10(12(11)14(18)20)19-13-8(15)5-7(16)6-9(13)17/h2-6,19H,1H3,(H2,18,20). The van der Waals surface area contributed by atoms with Crippen LogP contribution in [-0.2, 0) is 0 Å². The quantitative estimate of drug-likeness (QED) is 0.581. The molecule has 0 saturated carbocycles. The van der Waals surface area contributed by atoms with Gasteiger partial charge in [-0.25, -0.2) is 8.78 Å². The van der Waals surface area contributed by atoms with Crippen LogP contribution in [0.1, 0.15) is 5.56 Å². The first-order valence-electron chi connectivity index (χ1n) is 5.82. The Labute approximate surface area is 139 Å². The van der Waals surface area contributed by atoms with Gasteiger partial charge >= 0.3 is 0 Å². The van der Waals surface area contributed by atoms with Gasteiger partial charge < -0.3 is 11.1 Å². The van der Waals surface area contributed by atoms with E-state index in [1.165, 1.54) is 17.8 Å². The summed E-state index contributed by atoms with van der Waals surface area (Å²) in [5.41, 5.74) is 7.09. The van der Waals surface area contributed by atoms with Crippen LogP contribution in [0.2, 0.25) is 0 Å². The summed E-state index contributed by atoms with van der Waals surface area (Å²) >= 11 is 9.69. The van der Waals surface area contributed by atoms with Gasteiger partial charge in [-0.3, -0.25) is 0 Å². The second kappa shape index (κ2) is 6.72. The number of thiocarbonyl (C=S) groups is 1. The van der Waals surface area contributed by atoms with Gasteiger partial charge in [-0.05, 0) is 40.4 Å². The van der Waals surface area contributed by atoms with Gasteiger partial charge in [0.1, 0.15) is 10.8 Å². The summed E-state index contributed by atoms with van der Waals surface area (Å²) in [6.07, 6.45) is 1.90. The van der Waals surface area contributed by atoms with Crippen LogP contribution in [0.3, 0.4) is 0 Å². The zero-order valence-corrected chi connectivity index (χ0v) is 14.1. The van der Waals surface area contributed by atoms with Crippen LogP contribution in [0, 0.1) is 11.6 Å². The lowest BCUT2D eigenvalue weighted by Crippen LogP contribution is -2.13. The van der Waals surface area contributed by atoms with Crippen molar-refractivity contribution in [2.75, 3.05) is 11.6 Å². The van der Waals surface area contributed by atoms with Crippen molar-refractivity contribution in [1.82, 2.24) is 0 Å². The topological polar surface area (TPSA) is 38.0 Å². The molecule has 7 heteroatoms. The van der Waals surface area contributed by atoms with Gasteiger partial charge in [0, 0.05) is 26.7 Å². The Morgan fingerprint density at radius 1 is 1.33 bits per heavy atom. The van der Waals surface area contributed by atoms with Gasteiger partial charge in [-0.2, -0.15) is 0 Å². The normalized spacial score (nSPS) is 10.5. The highest BCUT2D eigenvalue weighted by Crippen LogP contribution is 2.33. The summed E-state index contributed by atoms with van der Waals surface area (Å²) in [7, 11) is 0. The molecule has 0 heterocycles. The number of thioether (sulfide) groups is 1. The summed E-state index contributed by atoms with van der Waals surface area (Å²) in [6, 6.07) is 7.42. The third-order valence-electron chi connectivity index (χ3n) is 2.76. The molecule has 3 N–H and O–H groups in total. The Balaban J connectivity index is 2.52. The Bertz CT molecular complexity index is 684. The molecule has 2 aromatic rings. The predicted octanol–water partition coefficient (Wildman–Crippen LogP) is 4.83. The van der Waals surface area contributed by atoms with Crippen LogP contribution >= 0.6 is 39.9 Å². The van der Waals surface area contributed by atoms with E-state index in [1.807, 2.05) is 18.4 Å². The average molecular weight is 389 g/mol. The second-order valence-corrected chi connectivity index (χ2v) is 6.26. The minimum Gasteiger partial charge on any atom is -0.389 e. The van der Waals surface area contributed by atoms with E-state index in [-0.39, 0.29) is 15.1 Å². The molecule has 2 nitrogen and oxygen atoms in total. The van der Waals surface area contributed by atoms with E-state index in [9.17, 15) is 8.78 Å². The van der Waals surface area contributed by atoms with E-state index >= 15 is 0 Å². The maximum Gasteiger partial charge on any atom is 0.150 e. The van der Waals surface area contributed by atoms with Crippen LogP contribution in [0.25, 0.3) is 0 Å². The van der Waals surface area contributed by atoms with Gasteiger partial charge in [0.25, 0.3) is 0 Å². The number of halogens is 3. The number of benzene rings is 2. The van der Waals surface area contributed by atoms with Crippen molar-refractivity contribution >= 4 is 56.3 Å². The molecule has 0 aliphatic heterocycles. The van der Waals surface area contributed by atoms with Gasteiger partial charge in [-0.15, -0.1) is 11.8 Å². The zero-order chi connectivity index (χ0) is 15.6. The lowest BCUT2D eigenvalue weighted by molar-refractivity contribution is 0.584. The Morgan fingerprint density at radius 3 is 2.62 bits per heavy atom. The predicted molar refractivity (Wildman–Crippen MR) is 91.5 cm³/mol. The van der Waals surface area contributed by atoms with Crippen LogP contribution in [-0.4, -0.2) is 11.2 Å². The number of rotatable bonds is 4. The molecule has 0 fully saturated rings. The summed E-state index contributed by atoms with van der Waals surface area (Å²) in [5, 5.41) is 2.92. The first-order chi connectivity index (χ1) is 9.93.